The molecule has 166 valence electrons. The number of hydrogen-bond acceptors (Lipinski definition) is 6. The van der Waals surface area contributed by atoms with Crippen LogP contribution in [0.4, 0.5) is 0 Å². The minimum absolute atomic E-state index is 0.00886. The van der Waals surface area contributed by atoms with E-state index in [1.165, 1.54) is 0 Å². The van der Waals surface area contributed by atoms with Crippen LogP contribution in [0, 0.1) is 0 Å². The fourth-order valence-electron chi connectivity index (χ4n) is 3.14. The molecule has 0 fully saturated rings. The van der Waals surface area contributed by atoms with Crippen LogP contribution in [0.5, 0.6) is 11.5 Å². The number of para-hydroxylation sites is 1. The molecule has 0 saturated heterocycles. The first-order chi connectivity index (χ1) is 16.1. The summed E-state index contributed by atoms with van der Waals surface area (Å²) in [6.07, 6.45) is 0. The average Bonchev–Trinajstić information content (AvgIpc) is 2.87. The molecule has 9 nitrogen and oxygen atoms in total. The molecule has 3 aromatic carbocycles. The van der Waals surface area contributed by atoms with Crippen molar-refractivity contribution in [1.82, 2.24) is 20.6 Å². The van der Waals surface area contributed by atoms with E-state index in [0.29, 0.717) is 28.0 Å². The van der Waals surface area contributed by atoms with Crippen LogP contribution in [0.15, 0.2) is 83.7 Å². The number of ether oxygens (including phenoxy) is 2. The zero-order chi connectivity index (χ0) is 23.2. The van der Waals surface area contributed by atoms with Gasteiger partial charge in [-0.3, -0.25) is 25.2 Å². The van der Waals surface area contributed by atoms with Gasteiger partial charge in [-0.15, -0.1) is 0 Å². The number of carbonyl (C=O) groups excluding carboxylic acids is 2. The summed E-state index contributed by atoms with van der Waals surface area (Å²) in [4.78, 5) is 37.9. The fraction of sp³-hybridized carbons (Fsp3) is 0.0833. The van der Waals surface area contributed by atoms with Gasteiger partial charge in [0.1, 0.15) is 11.5 Å². The summed E-state index contributed by atoms with van der Waals surface area (Å²) in [6, 6.07) is 22.1. The fourth-order valence-corrected chi connectivity index (χ4v) is 3.14. The monoisotopic (exact) mass is 444 g/mol. The molecule has 33 heavy (non-hydrogen) atoms. The van der Waals surface area contributed by atoms with Gasteiger partial charge in [-0.1, -0.05) is 36.4 Å². The van der Waals surface area contributed by atoms with Gasteiger partial charge in [0.05, 0.1) is 18.2 Å². The number of hydrogen-bond donors (Lipinski definition) is 2. The second-order valence-electron chi connectivity index (χ2n) is 6.91. The molecule has 0 aliphatic heterocycles. The maximum atomic E-state index is 12.9. The van der Waals surface area contributed by atoms with E-state index in [1.807, 2.05) is 6.07 Å². The maximum Gasteiger partial charge on any atom is 0.290 e. The van der Waals surface area contributed by atoms with Crippen molar-refractivity contribution in [2.75, 3.05) is 13.7 Å². The highest BCUT2D eigenvalue weighted by Crippen LogP contribution is 2.17. The Morgan fingerprint density at radius 2 is 1.48 bits per heavy atom. The van der Waals surface area contributed by atoms with E-state index in [2.05, 4.69) is 16.0 Å². The van der Waals surface area contributed by atoms with Gasteiger partial charge in [-0.2, -0.15) is 9.78 Å². The Morgan fingerprint density at radius 3 is 2.18 bits per heavy atom. The lowest BCUT2D eigenvalue weighted by Crippen LogP contribution is -2.44. The third kappa shape index (κ3) is 4.82. The number of methoxy groups -OCH3 is 1. The van der Waals surface area contributed by atoms with Crippen molar-refractivity contribution >= 4 is 22.6 Å². The molecule has 0 unspecified atom stereocenters. The lowest BCUT2D eigenvalue weighted by molar-refractivity contribution is -0.123. The lowest BCUT2D eigenvalue weighted by atomic mass is 10.1. The first kappa shape index (κ1) is 21.6. The molecule has 0 saturated carbocycles. The number of aromatic nitrogens is 2. The van der Waals surface area contributed by atoms with Crippen molar-refractivity contribution in [3.05, 3.63) is 94.9 Å². The minimum Gasteiger partial charge on any atom is -0.497 e. The summed E-state index contributed by atoms with van der Waals surface area (Å²) < 4.78 is 11.6. The molecule has 2 amide bonds. The Morgan fingerprint density at radius 1 is 0.848 bits per heavy atom. The molecule has 9 heteroatoms. The van der Waals surface area contributed by atoms with E-state index >= 15 is 0 Å². The molecule has 0 radical (unpaired) electrons. The molecule has 2 N–H and O–H groups in total. The Labute approximate surface area is 188 Å². The highest BCUT2D eigenvalue weighted by atomic mass is 16.5. The van der Waals surface area contributed by atoms with Crippen LogP contribution in [0.1, 0.15) is 10.5 Å². The zero-order valence-corrected chi connectivity index (χ0v) is 17.6. The second kappa shape index (κ2) is 9.65. The van der Waals surface area contributed by atoms with Gasteiger partial charge in [0.25, 0.3) is 17.4 Å². The van der Waals surface area contributed by atoms with Crippen molar-refractivity contribution in [1.29, 1.82) is 0 Å². The zero-order valence-electron chi connectivity index (χ0n) is 17.6. The molecule has 4 aromatic rings. The molecule has 1 aromatic heterocycles. The summed E-state index contributed by atoms with van der Waals surface area (Å²) >= 11 is 0. The summed E-state index contributed by atoms with van der Waals surface area (Å²) in [6.45, 7) is -0.315. The minimum atomic E-state index is -0.673. The Balaban J connectivity index is 1.50. The van der Waals surface area contributed by atoms with Crippen LogP contribution >= 0.6 is 0 Å². The van der Waals surface area contributed by atoms with Gasteiger partial charge in [0, 0.05) is 5.39 Å². The van der Waals surface area contributed by atoms with Crippen LogP contribution in [0.2, 0.25) is 0 Å². The molecule has 1 heterocycles. The van der Waals surface area contributed by atoms with Gasteiger partial charge < -0.3 is 9.47 Å². The topological polar surface area (TPSA) is 112 Å². The summed E-state index contributed by atoms with van der Waals surface area (Å²) in [5, 5.41) is 4.96. The highest BCUT2D eigenvalue weighted by molar-refractivity contribution is 6.05. The largest absolute Gasteiger partial charge is 0.497 e. The molecular weight excluding hydrogens is 424 g/mol. The van der Waals surface area contributed by atoms with Crippen molar-refractivity contribution in [2.24, 2.45) is 0 Å². The van der Waals surface area contributed by atoms with E-state index in [1.54, 1.807) is 79.9 Å². The number of benzene rings is 3. The highest BCUT2D eigenvalue weighted by Gasteiger charge is 2.18. The standard InChI is InChI=1S/C24H20N4O5/c1-32-17-11-13-18(14-12-17)33-15-21(29)25-26-23(30)22-19-9-5-6-10-20(19)24(31)28(27-22)16-7-3-2-4-8-16/h2-14H,15H2,1H3,(H,25,29)(H,26,30). The van der Waals surface area contributed by atoms with Gasteiger partial charge in [-0.05, 0) is 42.5 Å². The predicted molar refractivity (Wildman–Crippen MR) is 121 cm³/mol. The van der Waals surface area contributed by atoms with Gasteiger partial charge in [0.15, 0.2) is 12.3 Å². The third-order valence-electron chi connectivity index (χ3n) is 4.77. The molecule has 0 bridgehead atoms. The molecule has 0 aliphatic carbocycles. The Bertz CT molecular complexity index is 1350. The molecule has 0 atom stereocenters. The van der Waals surface area contributed by atoms with Crippen molar-refractivity contribution < 1.29 is 19.1 Å². The third-order valence-corrected chi connectivity index (χ3v) is 4.77. The van der Waals surface area contributed by atoms with E-state index in [9.17, 15) is 14.4 Å². The number of nitrogens with one attached hydrogen (secondary N) is 2. The number of nitrogens with zero attached hydrogens (tertiary/aromatic N) is 2. The van der Waals surface area contributed by atoms with Crippen LogP contribution < -0.4 is 25.9 Å². The van der Waals surface area contributed by atoms with Crippen LogP contribution in [-0.4, -0.2) is 35.3 Å². The molecule has 0 spiro atoms. The number of amides is 2. The van der Waals surface area contributed by atoms with E-state index in [0.717, 1.165) is 4.68 Å². The SMILES string of the molecule is COc1ccc(OCC(=O)NNC(=O)c2nn(-c3ccccc3)c(=O)c3ccccc23)cc1. The first-order valence-corrected chi connectivity index (χ1v) is 10.0. The maximum absolute atomic E-state index is 12.9. The number of hydrazine groups is 1. The predicted octanol–water partition coefficient (Wildman–Crippen LogP) is 2.23. The van der Waals surface area contributed by atoms with Crippen molar-refractivity contribution in [3.8, 4) is 17.2 Å². The van der Waals surface area contributed by atoms with Gasteiger partial charge in [0.2, 0.25) is 0 Å². The molecular formula is C24H20N4O5. The van der Waals surface area contributed by atoms with Crippen molar-refractivity contribution in [3.63, 3.8) is 0 Å². The lowest BCUT2D eigenvalue weighted by Gasteiger charge is -2.12. The van der Waals surface area contributed by atoms with Gasteiger partial charge >= 0.3 is 0 Å². The summed E-state index contributed by atoms with van der Waals surface area (Å²) in [5.74, 6) is -0.107. The number of carbonyl (C=O) groups is 2. The summed E-state index contributed by atoms with van der Waals surface area (Å²) in [5.41, 5.74) is 4.77. The Kier molecular flexibility index (Phi) is 6.31. The quantitative estimate of drug-likeness (QED) is 0.441. The smallest absolute Gasteiger partial charge is 0.290 e. The van der Waals surface area contributed by atoms with E-state index in [-0.39, 0.29) is 17.9 Å². The normalized spacial score (nSPS) is 10.5. The van der Waals surface area contributed by atoms with Gasteiger partial charge in [-0.25, -0.2) is 0 Å². The van der Waals surface area contributed by atoms with E-state index < -0.39 is 11.8 Å². The van der Waals surface area contributed by atoms with Crippen LogP contribution in [0.3, 0.4) is 0 Å². The number of fused-ring (bicyclic) bond motifs is 1. The summed E-state index contributed by atoms with van der Waals surface area (Å²) in [7, 11) is 1.55. The molecule has 0 aliphatic rings. The first-order valence-electron chi connectivity index (χ1n) is 10.0. The Hall–Kier alpha value is -4.66. The van der Waals surface area contributed by atoms with Crippen molar-refractivity contribution in [2.45, 2.75) is 0 Å². The average molecular weight is 444 g/mol. The molecule has 4 rings (SSSR count). The van der Waals surface area contributed by atoms with Crippen LogP contribution in [-0.2, 0) is 4.79 Å². The number of rotatable bonds is 6. The van der Waals surface area contributed by atoms with Crippen LogP contribution in [0.25, 0.3) is 16.5 Å². The van der Waals surface area contributed by atoms with E-state index in [4.69, 9.17) is 9.47 Å². The second-order valence-corrected chi connectivity index (χ2v) is 6.91.